The minimum atomic E-state index is -3.97. The lowest BCUT2D eigenvalue weighted by molar-refractivity contribution is -0.147. The number of nitrogens with zero attached hydrogens (tertiary/aromatic N) is 2. The number of carbonyl (C=O) groups excluding carboxylic acids is 1. The Kier molecular flexibility index (Phi) is 7.16. The average Bonchev–Trinajstić information content (AvgIpc) is 2.97. The van der Waals surface area contributed by atoms with Crippen LogP contribution in [0.4, 0.5) is 4.39 Å². The Labute approximate surface area is 171 Å². The van der Waals surface area contributed by atoms with Crippen LogP contribution in [0.3, 0.4) is 0 Å². The molecule has 9 nitrogen and oxygen atoms in total. The maximum absolute atomic E-state index is 15.0. The summed E-state index contributed by atoms with van der Waals surface area (Å²) >= 11 is 1.17. The van der Waals surface area contributed by atoms with E-state index in [0.29, 0.717) is 5.69 Å². The Bertz CT molecular complexity index is 853. The smallest absolute Gasteiger partial charge is 0.466 e. The van der Waals surface area contributed by atoms with Crippen LogP contribution in [0.2, 0.25) is 0 Å². The number of phosphoric acid groups is 1. The fourth-order valence-corrected chi connectivity index (χ4v) is 6.10. The van der Waals surface area contributed by atoms with Crippen LogP contribution in [-0.4, -0.2) is 52.9 Å². The largest absolute Gasteiger partial charge is 0.475 e. The quantitative estimate of drug-likeness (QED) is 0.458. The van der Waals surface area contributed by atoms with Crippen molar-refractivity contribution in [3.63, 3.8) is 0 Å². The lowest BCUT2D eigenvalue weighted by atomic mass is 10.1. The van der Waals surface area contributed by atoms with E-state index >= 15 is 4.39 Å². The number of fused-ring (bicyclic) bond motifs is 1. The van der Waals surface area contributed by atoms with Gasteiger partial charge in [0.15, 0.2) is 6.17 Å². The van der Waals surface area contributed by atoms with Crippen molar-refractivity contribution in [3.05, 3.63) is 28.4 Å². The van der Waals surface area contributed by atoms with Gasteiger partial charge in [-0.1, -0.05) is 6.92 Å². The average molecular weight is 450 g/mol. The van der Waals surface area contributed by atoms with Crippen LogP contribution in [0.5, 0.6) is 0 Å². The van der Waals surface area contributed by atoms with Crippen LogP contribution in [0.15, 0.2) is 17.1 Å². The highest BCUT2D eigenvalue weighted by atomic mass is 32.2. The van der Waals surface area contributed by atoms with Gasteiger partial charge in [0.1, 0.15) is 11.5 Å². The molecule has 3 rings (SSSR count). The van der Waals surface area contributed by atoms with E-state index in [9.17, 15) is 14.2 Å². The predicted molar refractivity (Wildman–Crippen MR) is 103 cm³/mol. The van der Waals surface area contributed by atoms with Gasteiger partial charge < -0.3 is 4.74 Å². The fourth-order valence-electron chi connectivity index (χ4n) is 3.03. The highest BCUT2D eigenvalue weighted by Gasteiger charge is 2.54. The third-order valence-electron chi connectivity index (χ3n) is 4.65. The van der Waals surface area contributed by atoms with Crippen molar-refractivity contribution in [2.24, 2.45) is 5.92 Å². The minimum Gasteiger partial charge on any atom is -0.466 e. The maximum atomic E-state index is 15.0. The second-order valence-corrected chi connectivity index (χ2v) is 9.84. The summed E-state index contributed by atoms with van der Waals surface area (Å²) in [5.41, 5.74) is -0.0197. The maximum Gasteiger partial charge on any atom is 0.475 e. The molecule has 1 unspecified atom stereocenters. The molecule has 0 bridgehead atoms. The van der Waals surface area contributed by atoms with Crippen molar-refractivity contribution in [3.8, 4) is 0 Å². The first kappa shape index (κ1) is 22.4. The summed E-state index contributed by atoms with van der Waals surface area (Å²) in [5.74, 6) is -0.823. The number of hydrogen-bond acceptors (Lipinski definition) is 9. The van der Waals surface area contributed by atoms with Crippen molar-refractivity contribution in [1.29, 1.82) is 0 Å². The Balaban J connectivity index is 1.60. The molecule has 0 saturated carbocycles. The molecule has 2 aliphatic rings. The summed E-state index contributed by atoms with van der Waals surface area (Å²) in [6.07, 6.45) is -0.892. The molecule has 0 spiro atoms. The van der Waals surface area contributed by atoms with Gasteiger partial charge in [0.05, 0.1) is 31.0 Å². The lowest BCUT2D eigenvalue weighted by Crippen LogP contribution is -2.38. The number of aryl methyl sites for hydroxylation is 1. The Morgan fingerprint density at radius 3 is 3.00 bits per heavy atom. The van der Waals surface area contributed by atoms with Crippen molar-refractivity contribution >= 4 is 25.6 Å². The molecule has 0 amide bonds. The van der Waals surface area contributed by atoms with Gasteiger partial charge in [0, 0.05) is 11.9 Å². The monoisotopic (exact) mass is 450 g/mol. The summed E-state index contributed by atoms with van der Waals surface area (Å²) in [5, 5.41) is -1.29. The molecule has 3 heterocycles. The van der Waals surface area contributed by atoms with E-state index in [0.717, 1.165) is 0 Å². The van der Waals surface area contributed by atoms with E-state index in [1.807, 2.05) is 0 Å². The van der Waals surface area contributed by atoms with E-state index < -0.39 is 42.3 Å². The lowest BCUT2D eigenvalue weighted by Gasteiger charge is -2.31. The minimum absolute atomic E-state index is 0.0367. The molecule has 1 aromatic rings. The number of thioether (sulfide) groups is 1. The molecule has 0 radical (unpaired) electrons. The molecule has 162 valence electrons. The SMILES string of the molecule is CCOC(=O)[C@H](C)CCOP1(=O)OC[C@H]2S[C@@H](n3ccc(C)nc3=O)[C@@H](F)[C@@H]2O1. The molecule has 1 aromatic heterocycles. The predicted octanol–water partition coefficient (Wildman–Crippen LogP) is 2.63. The Morgan fingerprint density at radius 1 is 1.55 bits per heavy atom. The molecule has 0 aromatic carbocycles. The first-order chi connectivity index (χ1) is 13.7. The number of alkyl halides is 1. The van der Waals surface area contributed by atoms with Gasteiger partial charge in [-0.3, -0.25) is 22.9 Å². The third-order valence-corrected chi connectivity index (χ3v) is 7.63. The molecule has 2 aliphatic heterocycles. The van der Waals surface area contributed by atoms with Crippen molar-refractivity contribution in [2.75, 3.05) is 19.8 Å². The van der Waals surface area contributed by atoms with Gasteiger partial charge in [-0.25, -0.2) is 13.8 Å². The zero-order valence-corrected chi connectivity index (χ0v) is 18.1. The highest BCUT2D eigenvalue weighted by molar-refractivity contribution is 8.00. The fraction of sp³-hybridized carbons (Fsp3) is 0.706. The molecule has 0 aliphatic carbocycles. The second-order valence-electron chi connectivity index (χ2n) is 6.86. The van der Waals surface area contributed by atoms with Gasteiger partial charge in [0.25, 0.3) is 0 Å². The number of aromatic nitrogens is 2. The molecular formula is C17H24FN2O7PS. The normalized spacial score (nSPS) is 32.6. The molecule has 2 fully saturated rings. The van der Waals surface area contributed by atoms with Crippen LogP contribution < -0.4 is 5.69 Å². The number of carbonyl (C=O) groups is 1. The van der Waals surface area contributed by atoms with Gasteiger partial charge in [-0.2, -0.15) is 4.98 Å². The van der Waals surface area contributed by atoms with Crippen molar-refractivity contribution in [2.45, 2.75) is 50.1 Å². The number of rotatable bonds is 7. The van der Waals surface area contributed by atoms with Gasteiger partial charge in [0.2, 0.25) is 0 Å². The second kappa shape index (κ2) is 9.26. The van der Waals surface area contributed by atoms with Gasteiger partial charge in [-0.05, 0) is 26.3 Å². The Hall–Kier alpha value is -1.26. The first-order valence-corrected chi connectivity index (χ1v) is 11.7. The molecule has 0 N–H and O–H groups in total. The standard InChI is InChI=1S/C17H24FN2O7PS/c1-4-24-16(21)10(2)6-8-25-28(23)26-9-12-14(27-28)13(18)15(29-12)20-7-5-11(3)19-17(20)22/h5,7,10,12-15H,4,6,8-9H2,1-3H3/t10-,12-,13+,14-,15-,28?/m1/s1. The van der Waals surface area contributed by atoms with E-state index in [2.05, 4.69) is 4.98 Å². The summed E-state index contributed by atoms with van der Waals surface area (Å²) in [4.78, 5) is 27.5. The Morgan fingerprint density at radius 2 is 2.31 bits per heavy atom. The van der Waals surface area contributed by atoms with Crippen LogP contribution in [0, 0.1) is 12.8 Å². The zero-order valence-electron chi connectivity index (χ0n) is 16.4. The summed E-state index contributed by atoms with van der Waals surface area (Å²) in [7, 11) is -3.97. The highest BCUT2D eigenvalue weighted by Crippen LogP contribution is 2.60. The zero-order chi connectivity index (χ0) is 21.2. The topological polar surface area (TPSA) is 106 Å². The molecular weight excluding hydrogens is 426 g/mol. The van der Waals surface area contributed by atoms with Gasteiger partial charge >= 0.3 is 19.5 Å². The van der Waals surface area contributed by atoms with E-state index in [4.69, 9.17) is 18.3 Å². The first-order valence-electron chi connectivity index (χ1n) is 9.33. The number of phosphoric ester groups is 1. The van der Waals surface area contributed by atoms with Crippen LogP contribution in [0.1, 0.15) is 31.3 Å². The summed E-state index contributed by atoms with van der Waals surface area (Å²) < 4.78 is 49.8. The van der Waals surface area contributed by atoms with Crippen LogP contribution in [0.25, 0.3) is 0 Å². The number of esters is 1. The molecule has 12 heteroatoms. The van der Waals surface area contributed by atoms with E-state index in [1.54, 1.807) is 26.8 Å². The summed E-state index contributed by atoms with van der Waals surface area (Å²) in [6, 6.07) is 1.62. The number of ether oxygens (including phenoxy) is 1. The van der Waals surface area contributed by atoms with Crippen molar-refractivity contribution < 1.29 is 32.1 Å². The van der Waals surface area contributed by atoms with Gasteiger partial charge in [-0.15, -0.1) is 11.8 Å². The van der Waals surface area contributed by atoms with Crippen LogP contribution >= 0.6 is 19.6 Å². The molecule has 6 atom stereocenters. The van der Waals surface area contributed by atoms with E-state index in [-0.39, 0.29) is 32.2 Å². The number of hydrogen-bond donors (Lipinski definition) is 0. The van der Waals surface area contributed by atoms with Crippen LogP contribution in [-0.2, 0) is 27.7 Å². The van der Waals surface area contributed by atoms with E-state index in [1.165, 1.54) is 22.5 Å². The van der Waals surface area contributed by atoms with Crippen molar-refractivity contribution in [1.82, 2.24) is 9.55 Å². The summed E-state index contributed by atoms with van der Waals surface area (Å²) in [6.45, 7) is 5.22. The molecule has 29 heavy (non-hydrogen) atoms. The third kappa shape index (κ3) is 5.08. The molecule has 2 saturated heterocycles. The number of halogens is 1.